The first-order valence-corrected chi connectivity index (χ1v) is 7.65. The van der Waals surface area contributed by atoms with E-state index in [-0.39, 0.29) is 0 Å². The summed E-state index contributed by atoms with van der Waals surface area (Å²) in [5.41, 5.74) is 3.45. The Morgan fingerprint density at radius 2 is 1.64 bits per heavy atom. The second-order valence-electron chi connectivity index (χ2n) is 5.33. The minimum Gasteiger partial charge on any atom is -0.496 e. The summed E-state index contributed by atoms with van der Waals surface area (Å²) in [5, 5.41) is 8.56. The van der Waals surface area contributed by atoms with Crippen LogP contribution in [0.5, 0.6) is 11.8 Å². The van der Waals surface area contributed by atoms with Crippen molar-refractivity contribution in [1.82, 2.24) is 24.6 Å². The second kappa shape index (κ2) is 6.20. The van der Waals surface area contributed by atoms with Crippen molar-refractivity contribution in [3.05, 3.63) is 55.0 Å². The third kappa shape index (κ3) is 2.65. The first kappa shape index (κ1) is 15.1. The fraction of sp³-hybridized carbons (Fsp3) is 0.111. The van der Waals surface area contributed by atoms with E-state index in [2.05, 4.69) is 20.2 Å². The number of pyridine rings is 1. The molecule has 0 atom stereocenters. The Kier molecular flexibility index (Phi) is 3.74. The van der Waals surface area contributed by atoms with Crippen molar-refractivity contribution >= 4 is 5.65 Å². The Morgan fingerprint density at radius 1 is 0.840 bits per heavy atom. The van der Waals surface area contributed by atoms with Crippen molar-refractivity contribution in [2.45, 2.75) is 0 Å². The van der Waals surface area contributed by atoms with Crippen LogP contribution < -0.4 is 9.47 Å². The highest BCUT2D eigenvalue weighted by atomic mass is 16.5. The maximum absolute atomic E-state index is 5.44. The van der Waals surface area contributed by atoms with Gasteiger partial charge in [-0.05, 0) is 24.3 Å². The van der Waals surface area contributed by atoms with Crippen LogP contribution in [-0.2, 0) is 0 Å². The molecule has 1 aromatic carbocycles. The van der Waals surface area contributed by atoms with Gasteiger partial charge in [-0.1, -0.05) is 12.1 Å². The van der Waals surface area contributed by atoms with Crippen LogP contribution in [0.2, 0.25) is 0 Å². The number of aromatic nitrogens is 5. The number of nitrogens with zero attached hydrogens (tertiary/aromatic N) is 5. The van der Waals surface area contributed by atoms with Crippen LogP contribution in [0, 0.1) is 0 Å². The van der Waals surface area contributed by atoms with Gasteiger partial charge in [0.05, 0.1) is 19.8 Å². The first-order valence-electron chi connectivity index (χ1n) is 7.65. The highest BCUT2D eigenvalue weighted by Crippen LogP contribution is 2.29. The van der Waals surface area contributed by atoms with E-state index in [1.165, 1.54) is 7.11 Å². The average Bonchev–Trinajstić information content (AvgIpc) is 3.11. The molecule has 0 bridgehead atoms. The van der Waals surface area contributed by atoms with Crippen LogP contribution in [-0.4, -0.2) is 38.8 Å². The Morgan fingerprint density at radius 3 is 2.40 bits per heavy atom. The Balaban J connectivity index is 1.85. The van der Waals surface area contributed by atoms with Gasteiger partial charge in [0.25, 0.3) is 0 Å². The van der Waals surface area contributed by atoms with E-state index in [4.69, 9.17) is 9.47 Å². The quantitative estimate of drug-likeness (QED) is 0.572. The van der Waals surface area contributed by atoms with Crippen LogP contribution >= 0.6 is 0 Å². The second-order valence-corrected chi connectivity index (χ2v) is 5.33. The van der Waals surface area contributed by atoms with Crippen molar-refractivity contribution in [3.8, 4) is 34.3 Å². The van der Waals surface area contributed by atoms with Crippen LogP contribution in [0.1, 0.15) is 0 Å². The van der Waals surface area contributed by atoms with Gasteiger partial charge in [-0.15, -0.1) is 10.2 Å². The summed E-state index contributed by atoms with van der Waals surface area (Å²) in [4.78, 5) is 8.31. The van der Waals surface area contributed by atoms with Crippen molar-refractivity contribution in [2.75, 3.05) is 14.2 Å². The molecule has 0 aliphatic rings. The zero-order valence-electron chi connectivity index (χ0n) is 13.7. The van der Waals surface area contributed by atoms with Crippen LogP contribution in [0.25, 0.3) is 28.2 Å². The SMILES string of the molecule is COc1ncc(-c2ccc3nnc(-c4ccccc4OC)n3c2)cn1. The fourth-order valence-electron chi connectivity index (χ4n) is 2.65. The van der Waals surface area contributed by atoms with Gasteiger partial charge < -0.3 is 9.47 Å². The summed E-state index contributed by atoms with van der Waals surface area (Å²) in [5.74, 6) is 1.46. The molecule has 0 aliphatic heterocycles. The third-order valence-electron chi connectivity index (χ3n) is 3.89. The molecule has 4 aromatic rings. The molecule has 7 nitrogen and oxygen atoms in total. The molecule has 0 radical (unpaired) electrons. The van der Waals surface area contributed by atoms with E-state index in [1.54, 1.807) is 19.5 Å². The van der Waals surface area contributed by atoms with Gasteiger partial charge in [0.15, 0.2) is 11.5 Å². The highest BCUT2D eigenvalue weighted by Gasteiger charge is 2.13. The molecule has 25 heavy (non-hydrogen) atoms. The fourth-order valence-corrected chi connectivity index (χ4v) is 2.65. The highest BCUT2D eigenvalue weighted by molar-refractivity contribution is 5.69. The van der Waals surface area contributed by atoms with Gasteiger partial charge >= 0.3 is 6.01 Å². The molecule has 0 spiro atoms. The number of para-hydroxylation sites is 1. The molecule has 7 heteroatoms. The lowest BCUT2D eigenvalue weighted by Crippen LogP contribution is -1.95. The summed E-state index contributed by atoms with van der Waals surface area (Å²) in [7, 11) is 3.18. The van der Waals surface area contributed by atoms with Crippen LogP contribution in [0.15, 0.2) is 55.0 Å². The minimum absolute atomic E-state index is 0.337. The van der Waals surface area contributed by atoms with Gasteiger partial charge in [-0.3, -0.25) is 4.40 Å². The van der Waals surface area contributed by atoms with Crippen molar-refractivity contribution in [3.63, 3.8) is 0 Å². The van der Waals surface area contributed by atoms with E-state index in [0.29, 0.717) is 11.8 Å². The smallest absolute Gasteiger partial charge is 0.316 e. The topological polar surface area (TPSA) is 74.4 Å². The monoisotopic (exact) mass is 333 g/mol. The minimum atomic E-state index is 0.337. The van der Waals surface area contributed by atoms with Gasteiger partial charge in [0.1, 0.15) is 5.75 Å². The maximum atomic E-state index is 5.44. The number of fused-ring (bicyclic) bond motifs is 1. The lowest BCUT2D eigenvalue weighted by atomic mass is 10.1. The first-order chi connectivity index (χ1) is 12.3. The van der Waals surface area contributed by atoms with Gasteiger partial charge in [0.2, 0.25) is 0 Å². The van der Waals surface area contributed by atoms with Gasteiger partial charge in [-0.25, -0.2) is 9.97 Å². The molecule has 124 valence electrons. The maximum Gasteiger partial charge on any atom is 0.316 e. The lowest BCUT2D eigenvalue weighted by molar-refractivity contribution is 0.380. The molecule has 0 aliphatic carbocycles. The number of rotatable bonds is 4. The molecule has 0 saturated carbocycles. The van der Waals surface area contributed by atoms with E-state index in [1.807, 2.05) is 47.0 Å². The predicted octanol–water partition coefficient (Wildman–Crippen LogP) is 2.87. The largest absolute Gasteiger partial charge is 0.496 e. The molecule has 4 rings (SSSR count). The number of methoxy groups -OCH3 is 2. The molecule has 3 heterocycles. The van der Waals surface area contributed by atoms with E-state index in [0.717, 1.165) is 28.1 Å². The molecular formula is C18H15N5O2. The van der Waals surface area contributed by atoms with Crippen LogP contribution in [0.3, 0.4) is 0 Å². The molecule has 0 amide bonds. The number of hydrogen-bond donors (Lipinski definition) is 0. The van der Waals surface area contributed by atoms with Crippen molar-refractivity contribution < 1.29 is 9.47 Å². The average molecular weight is 333 g/mol. The predicted molar refractivity (Wildman–Crippen MR) is 92.6 cm³/mol. The number of hydrogen-bond acceptors (Lipinski definition) is 6. The normalized spacial score (nSPS) is 10.8. The standard InChI is InChI=1S/C18H15N5O2/c1-24-15-6-4-3-5-14(15)17-22-21-16-8-7-12(11-23(16)17)13-9-19-18(25-2)20-10-13/h3-11H,1-2H3. The van der Waals surface area contributed by atoms with Crippen molar-refractivity contribution in [2.24, 2.45) is 0 Å². The van der Waals surface area contributed by atoms with Crippen LogP contribution in [0.4, 0.5) is 0 Å². The zero-order valence-corrected chi connectivity index (χ0v) is 13.7. The van der Waals surface area contributed by atoms with Gasteiger partial charge in [-0.2, -0.15) is 0 Å². The Labute approximate surface area is 143 Å². The Bertz CT molecular complexity index is 1030. The summed E-state index contributed by atoms with van der Waals surface area (Å²) in [6, 6.07) is 11.9. The molecule has 0 fully saturated rings. The van der Waals surface area contributed by atoms with E-state index in [9.17, 15) is 0 Å². The zero-order chi connectivity index (χ0) is 17.2. The number of benzene rings is 1. The molecule has 0 N–H and O–H groups in total. The summed E-state index contributed by atoms with van der Waals surface area (Å²) in [6.45, 7) is 0. The third-order valence-corrected chi connectivity index (χ3v) is 3.89. The number of ether oxygens (including phenoxy) is 2. The lowest BCUT2D eigenvalue weighted by Gasteiger charge is -2.08. The van der Waals surface area contributed by atoms with E-state index < -0.39 is 0 Å². The molecule has 0 unspecified atom stereocenters. The molecule has 0 saturated heterocycles. The summed E-state index contributed by atoms with van der Waals surface area (Å²) < 4.78 is 12.4. The Hall–Kier alpha value is -3.48. The summed E-state index contributed by atoms with van der Waals surface area (Å²) >= 11 is 0. The molecule has 3 aromatic heterocycles. The molecular weight excluding hydrogens is 318 g/mol. The van der Waals surface area contributed by atoms with Gasteiger partial charge in [0, 0.05) is 29.7 Å². The van der Waals surface area contributed by atoms with Crippen molar-refractivity contribution in [1.29, 1.82) is 0 Å². The van der Waals surface area contributed by atoms with E-state index >= 15 is 0 Å². The summed E-state index contributed by atoms with van der Waals surface area (Å²) in [6.07, 6.45) is 5.41.